The van der Waals surface area contributed by atoms with Gasteiger partial charge in [-0.3, -0.25) is 0 Å². The van der Waals surface area contributed by atoms with Crippen molar-refractivity contribution in [2.24, 2.45) is 0 Å². The lowest BCUT2D eigenvalue weighted by molar-refractivity contribution is 0.549. The number of unbranched alkanes of at least 4 members (excludes halogenated alkanes) is 11. The van der Waals surface area contributed by atoms with Gasteiger partial charge >= 0.3 is 0 Å². The first kappa shape index (κ1) is 17.1. The van der Waals surface area contributed by atoms with Crippen molar-refractivity contribution in [3.63, 3.8) is 0 Å². The minimum atomic E-state index is 1.07. The van der Waals surface area contributed by atoms with E-state index in [-0.39, 0.29) is 0 Å². The molecule has 0 unspecified atom stereocenters. The van der Waals surface area contributed by atoms with Crippen molar-refractivity contribution in [3.8, 4) is 0 Å². The Hall–Kier alpha value is 1.08. The van der Waals surface area contributed by atoms with Crippen molar-refractivity contribution in [1.29, 1.82) is 0 Å². The average molecular weight is 356 g/mol. The number of alkyl halides is 1. The van der Waals surface area contributed by atoms with E-state index >= 15 is 0 Å². The predicted molar refractivity (Wildman–Crippen MR) is 88.1 cm³/mol. The second kappa shape index (κ2) is 16.1. The quantitative estimate of drug-likeness (QED) is 0.177. The summed E-state index contributed by atoms with van der Waals surface area (Å²) >= 11 is 6.70. The first-order valence-corrected chi connectivity index (χ1v) is 9.24. The molecule has 0 aromatic carbocycles. The molecule has 0 saturated heterocycles. The summed E-state index contributed by atoms with van der Waals surface area (Å²) in [5.41, 5.74) is 0. The van der Waals surface area contributed by atoms with Crippen LogP contribution < -0.4 is 0 Å². The van der Waals surface area contributed by atoms with Crippen LogP contribution in [-0.2, 0) is 0 Å². The maximum atomic E-state index is 4.23. The van der Waals surface area contributed by atoms with E-state index in [0.717, 1.165) is 5.75 Å². The smallest absolute Gasteiger partial charge is 0.000473 e. The zero-order valence-electron chi connectivity index (χ0n) is 10.7. The lowest BCUT2D eigenvalue weighted by Crippen LogP contribution is -1.83. The molecule has 0 fully saturated rings. The summed E-state index contributed by atoms with van der Waals surface area (Å²) in [5, 5.41) is 0. The van der Waals surface area contributed by atoms with Crippen molar-refractivity contribution in [1.82, 2.24) is 0 Å². The van der Waals surface area contributed by atoms with Crippen LogP contribution in [0.1, 0.15) is 77.0 Å². The fraction of sp³-hybridized carbons (Fsp3) is 1.00. The molecule has 0 radical (unpaired) electrons. The van der Waals surface area contributed by atoms with E-state index in [4.69, 9.17) is 0 Å². The summed E-state index contributed by atoms with van der Waals surface area (Å²) in [5.74, 6) is 1.07. The minimum absolute atomic E-state index is 1.07. The highest BCUT2D eigenvalue weighted by Gasteiger charge is 1.93. The minimum Gasteiger partial charge on any atom is -0.179 e. The second-order valence-corrected chi connectivity index (χ2v) is 6.18. The summed E-state index contributed by atoms with van der Waals surface area (Å²) in [6.45, 7) is 0. The van der Waals surface area contributed by atoms with E-state index in [1.165, 1.54) is 81.5 Å². The van der Waals surface area contributed by atoms with Gasteiger partial charge in [0, 0.05) is 0 Å². The summed E-state index contributed by atoms with van der Waals surface area (Å²) in [4.78, 5) is 0. The monoisotopic (exact) mass is 356 g/mol. The van der Waals surface area contributed by atoms with Crippen LogP contribution in [0.15, 0.2) is 0 Å². The zero-order valence-corrected chi connectivity index (χ0v) is 13.8. The fourth-order valence-corrected chi connectivity index (χ4v) is 2.74. The Balaban J connectivity index is 2.83. The van der Waals surface area contributed by atoms with E-state index in [9.17, 15) is 0 Å². The van der Waals surface area contributed by atoms with Crippen molar-refractivity contribution in [3.05, 3.63) is 0 Å². The van der Waals surface area contributed by atoms with Crippen molar-refractivity contribution in [2.75, 3.05) is 10.2 Å². The highest BCUT2D eigenvalue weighted by atomic mass is 127. The lowest BCUT2D eigenvalue weighted by Gasteiger charge is -2.02. The van der Waals surface area contributed by atoms with Gasteiger partial charge in [-0.1, -0.05) is 86.8 Å². The molecule has 2 heteroatoms. The van der Waals surface area contributed by atoms with Crippen LogP contribution in [-0.4, -0.2) is 10.2 Å². The van der Waals surface area contributed by atoms with E-state index in [0.29, 0.717) is 0 Å². The molecule has 0 bridgehead atoms. The number of halogens is 1. The fourth-order valence-electron chi connectivity index (χ4n) is 1.97. The Labute approximate surface area is 122 Å². The van der Waals surface area contributed by atoms with Crippen LogP contribution in [0.3, 0.4) is 0 Å². The van der Waals surface area contributed by atoms with Crippen LogP contribution in [0.25, 0.3) is 0 Å². The Morgan fingerprint density at radius 1 is 0.500 bits per heavy atom. The van der Waals surface area contributed by atoms with Gasteiger partial charge in [0.1, 0.15) is 0 Å². The lowest BCUT2D eigenvalue weighted by atomic mass is 10.1. The third kappa shape index (κ3) is 15.1. The number of hydrogen-bond donors (Lipinski definition) is 1. The molecule has 0 saturated carbocycles. The molecule has 0 aliphatic rings. The third-order valence-electron chi connectivity index (χ3n) is 3.04. The van der Waals surface area contributed by atoms with E-state index in [1.807, 2.05) is 0 Å². The van der Waals surface area contributed by atoms with E-state index in [2.05, 4.69) is 35.2 Å². The summed E-state index contributed by atoms with van der Waals surface area (Å²) in [6.07, 6.45) is 17.2. The molecule has 0 nitrogen and oxygen atoms in total. The first-order chi connectivity index (χ1) is 7.91. The highest BCUT2D eigenvalue weighted by Crippen LogP contribution is 2.12. The molecule has 0 rings (SSSR count). The number of thiol groups is 1. The summed E-state index contributed by atoms with van der Waals surface area (Å²) in [7, 11) is 0. The molecule has 0 N–H and O–H groups in total. The highest BCUT2D eigenvalue weighted by molar-refractivity contribution is 14.1. The van der Waals surface area contributed by atoms with Gasteiger partial charge in [-0.15, -0.1) is 0 Å². The standard InChI is InChI=1S/C14H29IS/c15-13-11-9-7-5-3-1-2-4-6-8-10-12-14-16/h16H,1-14H2. The van der Waals surface area contributed by atoms with Gasteiger partial charge in [-0.25, -0.2) is 0 Å². The van der Waals surface area contributed by atoms with Gasteiger partial charge in [0.25, 0.3) is 0 Å². The van der Waals surface area contributed by atoms with Crippen molar-refractivity contribution >= 4 is 35.2 Å². The average Bonchev–Trinajstić information content (AvgIpc) is 2.31. The predicted octanol–water partition coefficient (Wildman–Crippen LogP) is 6.03. The Bertz CT molecular complexity index is 103. The largest absolute Gasteiger partial charge is 0.179 e. The molecular weight excluding hydrogens is 327 g/mol. The SMILES string of the molecule is SCCCCCCCCCCCCCCI. The third-order valence-corrected chi connectivity index (χ3v) is 4.12. The van der Waals surface area contributed by atoms with Gasteiger partial charge in [-0.05, 0) is 23.0 Å². The molecular formula is C14H29IS. The van der Waals surface area contributed by atoms with Crippen molar-refractivity contribution < 1.29 is 0 Å². The first-order valence-electron chi connectivity index (χ1n) is 7.08. The molecule has 98 valence electrons. The van der Waals surface area contributed by atoms with Gasteiger partial charge < -0.3 is 0 Å². The maximum absolute atomic E-state index is 4.23. The van der Waals surface area contributed by atoms with Crippen molar-refractivity contribution in [2.45, 2.75) is 77.0 Å². The molecule has 0 heterocycles. The van der Waals surface area contributed by atoms with Gasteiger partial charge in [0.05, 0.1) is 0 Å². The Morgan fingerprint density at radius 3 is 1.12 bits per heavy atom. The molecule has 0 aromatic heterocycles. The second-order valence-electron chi connectivity index (χ2n) is 4.66. The van der Waals surface area contributed by atoms with Crippen LogP contribution in [0.5, 0.6) is 0 Å². The summed E-state index contributed by atoms with van der Waals surface area (Å²) in [6, 6.07) is 0. The molecule has 0 aliphatic heterocycles. The Kier molecular flexibility index (Phi) is 17.2. The summed E-state index contributed by atoms with van der Waals surface area (Å²) < 4.78 is 1.34. The van der Waals surface area contributed by atoms with Crippen LogP contribution >= 0.6 is 35.2 Å². The van der Waals surface area contributed by atoms with Gasteiger partial charge in [0.2, 0.25) is 0 Å². The van der Waals surface area contributed by atoms with E-state index in [1.54, 1.807) is 0 Å². The Morgan fingerprint density at radius 2 is 0.812 bits per heavy atom. The van der Waals surface area contributed by atoms with Gasteiger partial charge in [-0.2, -0.15) is 12.6 Å². The number of rotatable bonds is 13. The maximum Gasteiger partial charge on any atom is -0.000473 e. The topological polar surface area (TPSA) is 0 Å². The molecule has 0 spiro atoms. The van der Waals surface area contributed by atoms with Crippen LogP contribution in [0, 0.1) is 0 Å². The number of hydrogen-bond acceptors (Lipinski definition) is 1. The zero-order chi connectivity index (χ0) is 11.9. The molecule has 0 aliphatic carbocycles. The molecule has 0 amide bonds. The van der Waals surface area contributed by atoms with Crippen LogP contribution in [0.4, 0.5) is 0 Å². The van der Waals surface area contributed by atoms with E-state index < -0.39 is 0 Å². The van der Waals surface area contributed by atoms with Gasteiger partial charge in [0.15, 0.2) is 0 Å². The molecule has 0 aromatic rings. The van der Waals surface area contributed by atoms with Crippen LogP contribution in [0.2, 0.25) is 0 Å². The molecule has 16 heavy (non-hydrogen) atoms. The molecule has 0 atom stereocenters. The normalized spacial score (nSPS) is 10.9.